The van der Waals surface area contributed by atoms with Crippen LogP contribution in [0.15, 0.2) is 23.1 Å². The number of hydrogen-bond acceptors (Lipinski definition) is 4. The zero-order chi connectivity index (χ0) is 17.9. The number of methoxy groups -OCH3 is 1. The minimum Gasteiger partial charge on any atom is -0.495 e. The van der Waals surface area contributed by atoms with Crippen molar-refractivity contribution in [3.8, 4) is 5.75 Å². The van der Waals surface area contributed by atoms with Crippen LogP contribution < -0.4 is 4.74 Å². The molecule has 0 N–H and O–H groups in total. The molecule has 1 saturated heterocycles. The maximum atomic E-state index is 13.0. The Bertz CT molecular complexity index is 693. The van der Waals surface area contributed by atoms with Gasteiger partial charge in [-0.3, -0.25) is 4.79 Å². The lowest BCUT2D eigenvalue weighted by atomic mass is 10.2. The summed E-state index contributed by atoms with van der Waals surface area (Å²) >= 11 is 0. The van der Waals surface area contributed by atoms with Gasteiger partial charge in [-0.15, -0.1) is 0 Å². The topological polar surface area (TPSA) is 66.9 Å². The van der Waals surface area contributed by atoms with Crippen LogP contribution in [0.2, 0.25) is 0 Å². The van der Waals surface area contributed by atoms with Gasteiger partial charge in [0, 0.05) is 32.1 Å². The molecule has 0 radical (unpaired) electrons. The largest absolute Gasteiger partial charge is 0.495 e. The van der Waals surface area contributed by atoms with E-state index < -0.39 is 10.0 Å². The van der Waals surface area contributed by atoms with Crippen LogP contribution in [0.4, 0.5) is 0 Å². The third-order valence-corrected chi connectivity index (χ3v) is 6.22. The number of aryl methyl sites for hydroxylation is 1. The van der Waals surface area contributed by atoms with Crippen molar-refractivity contribution >= 4 is 15.9 Å². The number of carbonyl (C=O) groups excluding carboxylic acids is 1. The first-order chi connectivity index (χ1) is 11.3. The maximum Gasteiger partial charge on any atom is 0.246 e. The fourth-order valence-electron chi connectivity index (χ4n) is 2.80. The van der Waals surface area contributed by atoms with E-state index in [1.807, 2.05) is 26.8 Å². The molecule has 7 heteroatoms. The van der Waals surface area contributed by atoms with Gasteiger partial charge < -0.3 is 9.64 Å². The number of nitrogens with zero attached hydrogens (tertiary/aromatic N) is 2. The fraction of sp³-hybridized carbons (Fsp3) is 0.588. The van der Waals surface area contributed by atoms with Gasteiger partial charge in [-0.25, -0.2) is 8.42 Å². The molecule has 0 spiro atoms. The van der Waals surface area contributed by atoms with E-state index in [4.69, 9.17) is 4.74 Å². The number of sulfonamides is 1. The highest BCUT2D eigenvalue weighted by Gasteiger charge is 2.32. The summed E-state index contributed by atoms with van der Waals surface area (Å²) in [6, 6.07) is 5.25. The van der Waals surface area contributed by atoms with Crippen LogP contribution in [0, 0.1) is 5.92 Å². The van der Waals surface area contributed by atoms with E-state index in [0.29, 0.717) is 31.9 Å². The number of hydrogen-bond donors (Lipinski definition) is 0. The summed E-state index contributed by atoms with van der Waals surface area (Å²) in [5.74, 6) is 0.347. The van der Waals surface area contributed by atoms with Gasteiger partial charge >= 0.3 is 0 Å². The summed E-state index contributed by atoms with van der Waals surface area (Å²) < 4.78 is 32.7. The fourth-order valence-corrected chi connectivity index (χ4v) is 4.42. The molecule has 0 aromatic heterocycles. The van der Waals surface area contributed by atoms with Gasteiger partial charge in [0.2, 0.25) is 15.9 Å². The molecule has 2 rings (SSSR count). The highest BCUT2D eigenvalue weighted by molar-refractivity contribution is 7.89. The SMILES string of the molecule is CCc1ccc(OC)c(S(=O)(=O)N2CCN(C(=O)C(C)C)CC2)c1. The van der Waals surface area contributed by atoms with Crippen molar-refractivity contribution in [2.75, 3.05) is 33.3 Å². The van der Waals surface area contributed by atoms with Crippen LogP contribution >= 0.6 is 0 Å². The summed E-state index contributed by atoms with van der Waals surface area (Å²) in [7, 11) is -2.16. The molecular formula is C17H26N2O4S. The average molecular weight is 354 g/mol. The molecule has 0 bridgehead atoms. The number of rotatable bonds is 5. The molecule has 1 aliphatic heterocycles. The lowest BCUT2D eigenvalue weighted by Crippen LogP contribution is -2.51. The van der Waals surface area contributed by atoms with Crippen LogP contribution in [0.3, 0.4) is 0 Å². The smallest absolute Gasteiger partial charge is 0.246 e. The third-order valence-electron chi connectivity index (χ3n) is 4.30. The Labute approximate surface area is 144 Å². The highest BCUT2D eigenvalue weighted by atomic mass is 32.2. The molecular weight excluding hydrogens is 328 g/mol. The zero-order valence-electron chi connectivity index (χ0n) is 14.8. The van der Waals surface area contributed by atoms with Gasteiger partial charge in [0.15, 0.2) is 0 Å². The molecule has 1 amide bonds. The van der Waals surface area contributed by atoms with Gasteiger partial charge in [-0.05, 0) is 24.1 Å². The lowest BCUT2D eigenvalue weighted by Gasteiger charge is -2.35. The van der Waals surface area contributed by atoms with Crippen molar-refractivity contribution in [3.05, 3.63) is 23.8 Å². The monoisotopic (exact) mass is 354 g/mol. The van der Waals surface area contributed by atoms with E-state index >= 15 is 0 Å². The van der Waals surface area contributed by atoms with Crippen LogP contribution in [-0.4, -0.2) is 56.8 Å². The van der Waals surface area contributed by atoms with Crippen molar-refractivity contribution in [1.29, 1.82) is 0 Å². The number of piperazine rings is 1. The maximum absolute atomic E-state index is 13.0. The molecule has 0 aliphatic carbocycles. The number of ether oxygens (including phenoxy) is 1. The molecule has 1 aliphatic rings. The first-order valence-electron chi connectivity index (χ1n) is 8.27. The Balaban J connectivity index is 2.22. The predicted molar refractivity (Wildman–Crippen MR) is 92.5 cm³/mol. The Kier molecular flexibility index (Phi) is 5.87. The third kappa shape index (κ3) is 3.72. The first-order valence-corrected chi connectivity index (χ1v) is 9.71. The van der Waals surface area contributed by atoms with Gasteiger partial charge in [-0.1, -0.05) is 26.8 Å². The van der Waals surface area contributed by atoms with Gasteiger partial charge in [-0.2, -0.15) is 4.31 Å². The number of carbonyl (C=O) groups is 1. The summed E-state index contributed by atoms with van der Waals surface area (Å²) in [6.07, 6.45) is 0.753. The molecule has 1 aromatic carbocycles. The second-order valence-electron chi connectivity index (χ2n) is 6.22. The van der Waals surface area contributed by atoms with Crippen LogP contribution in [-0.2, 0) is 21.2 Å². The predicted octanol–water partition coefficient (Wildman–Crippen LogP) is 1.75. The van der Waals surface area contributed by atoms with E-state index in [2.05, 4.69) is 0 Å². The molecule has 24 heavy (non-hydrogen) atoms. The van der Waals surface area contributed by atoms with E-state index in [-0.39, 0.29) is 16.7 Å². The van der Waals surface area contributed by atoms with Crippen LogP contribution in [0.1, 0.15) is 26.3 Å². The normalized spacial score (nSPS) is 16.5. The zero-order valence-corrected chi connectivity index (χ0v) is 15.6. The number of benzene rings is 1. The van der Waals surface area contributed by atoms with Gasteiger partial charge in [0.05, 0.1) is 7.11 Å². The Morgan fingerprint density at radius 3 is 2.33 bits per heavy atom. The van der Waals surface area contributed by atoms with E-state index in [1.165, 1.54) is 11.4 Å². The summed E-state index contributed by atoms with van der Waals surface area (Å²) in [5, 5.41) is 0. The Hall–Kier alpha value is -1.60. The van der Waals surface area contributed by atoms with Crippen LogP contribution in [0.25, 0.3) is 0 Å². The van der Waals surface area contributed by atoms with Gasteiger partial charge in [0.25, 0.3) is 0 Å². The van der Waals surface area contributed by atoms with Crippen LogP contribution in [0.5, 0.6) is 5.75 Å². The summed E-state index contributed by atoms with van der Waals surface area (Å²) in [5.41, 5.74) is 0.947. The second kappa shape index (κ2) is 7.53. The molecule has 6 nitrogen and oxygen atoms in total. The van der Waals surface area contributed by atoms with E-state index in [9.17, 15) is 13.2 Å². The molecule has 0 saturated carbocycles. The molecule has 134 valence electrons. The molecule has 0 unspecified atom stereocenters. The highest BCUT2D eigenvalue weighted by Crippen LogP contribution is 2.28. The number of amides is 1. The van der Waals surface area contributed by atoms with Crippen molar-refractivity contribution in [1.82, 2.24) is 9.21 Å². The minimum absolute atomic E-state index is 0.0672. The average Bonchev–Trinajstić information content (AvgIpc) is 2.60. The van der Waals surface area contributed by atoms with E-state index in [1.54, 1.807) is 17.0 Å². The van der Waals surface area contributed by atoms with E-state index in [0.717, 1.165) is 12.0 Å². The Morgan fingerprint density at radius 2 is 1.83 bits per heavy atom. The summed E-state index contributed by atoms with van der Waals surface area (Å²) in [6.45, 7) is 7.15. The molecule has 1 aromatic rings. The summed E-state index contributed by atoms with van der Waals surface area (Å²) in [4.78, 5) is 14.0. The Morgan fingerprint density at radius 1 is 1.21 bits per heavy atom. The standard InChI is InChI=1S/C17H26N2O4S/c1-5-14-6-7-15(23-4)16(12-14)24(21,22)19-10-8-18(9-11-19)17(20)13(2)3/h6-7,12-13H,5,8-11H2,1-4H3. The first kappa shape index (κ1) is 18.7. The van der Waals surface area contributed by atoms with Crippen molar-refractivity contribution in [2.45, 2.75) is 32.1 Å². The second-order valence-corrected chi connectivity index (χ2v) is 8.13. The quantitative estimate of drug-likeness (QED) is 0.808. The van der Waals surface area contributed by atoms with Crippen molar-refractivity contribution in [2.24, 2.45) is 5.92 Å². The minimum atomic E-state index is -3.64. The van der Waals surface area contributed by atoms with Crippen molar-refractivity contribution in [3.63, 3.8) is 0 Å². The van der Waals surface area contributed by atoms with Crippen molar-refractivity contribution < 1.29 is 17.9 Å². The molecule has 1 heterocycles. The molecule has 1 fully saturated rings. The molecule has 0 atom stereocenters. The van der Waals surface area contributed by atoms with Gasteiger partial charge in [0.1, 0.15) is 10.6 Å². The lowest BCUT2D eigenvalue weighted by molar-refractivity contribution is -0.135.